The lowest BCUT2D eigenvalue weighted by Crippen LogP contribution is -2.25. The first-order chi connectivity index (χ1) is 11.9. The van der Waals surface area contributed by atoms with Gasteiger partial charge in [0.1, 0.15) is 0 Å². The van der Waals surface area contributed by atoms with E-state index in [4.69, 9.17) is 5.10 Å². The van der Waals surface area contributed by atoms with Crippen molar-refractivity contribution >= 4 is 5.91 Å². The van der Waals surface area contributed by atoms with Crippen LogP contribution in [0, 0.1) is 26.7 Å². The smallest absolute Gasteiger partial charge is 0.246 e. The molecule has 3 rings (SSSR count). The monoisotopic (exact) mass is 337 g/mol. The summed E-state index contributed by atoms with van der Waals surface area (Å²) in [6.45, 7) is 8.82. The van der Waals surface area contributed by atoms with Gasteiger partial charge in [0.25, 0.3) is 0 Å². The Balaban J connectivity index is 1.82. The molecule has 1 aromatic heterocycles. The van der Waals surface area contributed by atoms with Crippen LogP contribution in [0.1, 0.15) is 42.3 Å². The molecule has 0 radical (unpaired) electrons. The Morgan fingerprint density at radius 2 is 1.96 bits per heavy atom. The molecule has 1 aromatic carbocycles. The van der Waals surface area contributed by atoms with E-state index in [2.05, 4.69) is 32.9 Å². The lowest BCUT2D eigenvalue weighted by Gasteiger charge is -2.16. The van der Waals surface area contributed by atoms with Gasteiger partial charge in [-0.2, -0.15) is 5.10 Å². The Morgan fingerprint density at radius 3 is 2.60 bits per heavy atom. The van der Waals surface area contributed by atoms with E-state index in [1.54, 1.807) is 11.0 Å². The number of aryl methyl sites for hydroxylation is 2. The summed E-state index contributed by atoms with van der Waals surface area (Å²) >= 11 is 0. The minimum Gasteiger partial charge on any atom is -0.338 e. The second kappa shape index (κ2) is 6.87. The van der Waals surface area contributed by atoms with Crippen molar-refractivity contribution in [1.29, 1.82) is 0 Å². The molecule has 0 spiro atoms. The van der Waals surface area contributed by atoms with Gasteiger partial charge in [-0.3, -0.25) is 4.79 Å². The van der Waals surface area contributed by atoms with Gasteiger partial charge in [-0.15, -0.1) is 0 Å². The van der Waals surface area contributed by atoms with E-state index in [0.717, 1.165) is 22.6 Å². The molecule has 0 bridgehead atoms. The maximum Gasteiger partial charge on any atom is 0.246 e. The lowest BCUT2D eigenvalue weighted by molar-refractivity contribution is -0.125. The third kappa shape index (κ3) is 3.68. The Kier molecular flexibility index (Phi) is 4.80. The fourth-order valence-corrected chi connectivity index (χ4v) is 3.22. The predicted octanol–water partition coefficient (Wildman–Crippen LogP) is 4.11. The minimum atomic E-state index is 0.0758. The molecule has 2 aromatic rings. The van der Waals surface area contributed by atoms with Crippen LogP contribution in [0.15, 0.2) is 35.9 Å². The first kappa shape index (κ1) is 17.5. The van der Waals surface area contributed by atoms with Crippen LogP contribution in [0.2, 0.25) is 0 Å². The first-order valence-corrected chi connectivity index (χ1v) is 8.93. The highest BCUT2D eigenvalue weighted by atomic mass is 16.2. The maximum absolute atomic E-state index is 12.5. The summed E-state index contributed by atoms with van der Waals surface area (Å²) in [5.74, 6) is 0.705. The van der Waals surface area contributed by atoms with Gasteiger partial charge in [0.15, 0.2) is 0 Å². The number of para-hydroxylation sites is 1. The normalized spacial score (nSPS) is 14.7. The molecule has 1 aliphatic rings. The summed E-state index contributed by atoms with van der Waals surface area (Å²) in [5.41, 5.74) is 6.68. The molecule has 1 aliphatic carbocycles. The molecule has 1 heterocycles. The Morgan fingerprint density at radius 1 is 1.28 bits per heavy atom. The summed E-state index contributed by atoms with van der Waals surface area (Å²) in [7, 11) is 1.86. The zero-order valence-corrected chi connectivity index (χ0v) is 15.8. The van der Waals surface area contributed by atoms with E-state index in [-0.39, 0.29) is 5.91 Å². The summed E-state index contributed by atoms with van der Waals surface area (Å²) in [5, 5.41) is 4.72. The molecule has 0 saturated heterocycles. The van der Waals surface area contributed by atoms with Crippen molar-refractivity contribution in [2.45, 2.75) is 47.1 Å². The van der Waals surface area contributed by atoms with Crippen molar-refractivity contribution in [2.75, 3.05) is 7.05 Å². The lowest BCUT2D eigenvalue weighted by atomic mass is 10.1. The molecule has 0 aliphatic heterocycles. The Bertz CT molecular complexity index is 828. The van der Waals surface area contributed by atoms with Crippen molar-refractivity contribution in [3.05, 3.63) is 58.4 Å². The van der Waals surface area contributed by atoms with Gasteiger partial charge in [0, 0.05) is 30.9 Å². The highest BCUT2D eigenvalue weighted by molar-refractivity contribution is 5.88. The standard InChI is InChI=1S/C21H27N3O/c1-14-8-6-7-9-20(14)24-17(4)19(16(3)22-24)13-23(5)21(25)12-15(2)18-10-11-18/h6-9,12,18H,10-11,13H2,1-5H3/b15-12+. The fraction of sp³-hybridized carbons (Fsp3) is 0.429. The van der Waals surface area contributed by atoms with E-state index in [1.165, 1.54) is 24.0 Å². The number of carbonyl (C=O) groups excluding carboxylic acids is 1. The molecular weight excluding hydrogens is 310 g/mol. The van der Waals surface area contributed by atoms with Gasteiger partial charge in [-0.1, -0.05) is 23.8 Å². The molecule has 0 N–H and O–H groups in total. The minimum absolute atomic E-state index is 0.0758. The average molecular weight is 337 g/mol. The third-order valence-corrected chi connectivity index (χ3v) is 5.13. The van der Waals surface area contributed by atoms with Crippen molar-refractivity contribution < 1.29 is 4.79 Å². The van der Waals surface area contributed by atoms with Crippen LogP contribution in [0.4, 0.5) is 0 Å². The van der Waals surface area contributed by atoms with Crippen molar-refractivity contribution in [2.24, 2.45) is 5.92 Å². The number of hydrogen-bond donors (Lipinski definition) is 0. The van der Waals surface area contributed by atoms with Crippen LogP contribution in [-0.2, 0) is 11.3 Å². The van der Waals surface area contributed by atoms with Gasteiger partial charge in [0.2, 0.25) is 5.91 Å². The van der Waals surface area contributed by atoms with Crippen LogP contribution in [0.3, 0.4) is 0 Å². The van der Waals surface area contributed by atoms with Crippen molar-refractivity contribution in [1.82, 2.24) is 14.7 Å². The Hall–Kier alpha value is -2.36. The van der Waals surface area contributed by atoms with Gasteiger partial charge in [-0.25, -0.2) is 4.68 Å². The molecule has 0 unspecified atom stereocenters. The molecule has 25 heavy (non-hydrogen) atoms. The number of hydrogen-bond acceptors (Lipinski definition) is 2. The SMILES string of the molecule is C/C(=C\C(=O)N(C)Cc1c(C)nn(-c2ccccc2C)c1C)C1CC1. The molecule has 1 saturated carbocycles. The molecule has 4 nitrogen and oxygen atoms in total. The molecule has 1 amide bonds. The van der Waals surface area contributed by atoms with Gasteiger partial charge in [0.05, 0.1) is 11.4 Å². The number of amides is 1. The summed E-state index contributed by atoms with van der Waals surface area (Å²) in [6, 6.07) is 8.23. The van der Waals surface area contributed by atoms with E-state index < -0.39 is 0 Å². The van der Waals surface area contributed by atoms with Crippen LogP contribution < -0.4 is 0 Å². The summed E-state index contributed by atoms with van der Waals surface area (Å²) in [4.78, 5) is 14.2. The first-order valence-electron chi connectivity index (χ1n) is 8.93. The largest absolute Gasteiger partial charge is 0.338 e. The quantitative estimate of drug-likeness (QED) is 0.770. The molecule has 4 heteroatoms. The topological polar surface area (TPSA) is 38.1 Å². The number of carbonyl (C=O) groups is 1. The second-order valence-electron chi connectivity index (χ2n) is 7.20. The van der Waals surface area contributed by atoms with E-state index in [0.29, 0.717) is 12.5 Å². The molecular formula is C21H27N3O. The summed E-state index contributed by atoms with van der Waals surface area (Å²) in [6.07, 6.45) is 4.25. The van der Waals surface area contributed by atoms with Crippen molar-refractivity contribution in [3.8, 4) is 5.69 Å². The number of aromatic nitrogens is 2. The average Bonchev–Trinajstić information content (AvgIpc) is 3.38. The highest BCUT2D eigenvalue weighted by Crippen LogP contribution is 2.36. The zero-order chi connectivity index (χ0) is 18.1. The highest BCUT2D eigenvalue weighted by Gasteiger charge is 2.24. The maximum atomic E-state index is 12.5. The summed E-state index contributed by atoms with van der Waals surface area (Å²) < 4.78 is 1.99. The van der Waals surface area contributed by atoms with E-state index in [9.17, 15) is 4.79 Å². The second-order valence-corrected chi connectivity index (χ2v) is 7.20. The van der Waals surface area contributed by atoms with Crippen LogP contribution in [0.5, 0.6) is 0 Å². The number of allylic oxidation sites excluding steroid dienone is 1. The number of benzene rings is 1. The fourth-order valence-electron chi connectivity index (χ4n) is 3.22. The molecule has 132 valence electrons. The zero-order valence-electron chi connectivity index (χ0n) is 15.8. The van der Waals surface area contributed by atoms with E-state index in [1.807, 2.05) is 30.8 Å². The number of likely N-dealkylation sites (N-methyl/N-ethyl adjacent to an activating group) is 1. The molecule has 0 atom stereocenters. The predicted molar refractivity (Wildman–Crippen MR) is 101 cm³/mol. The molecule has 1 fully saturated rings. The van der Waals surface area contributed by atoms with Gasteiger partial charge in [-0.05, 0) is 58.1 Å². The number of nitrogens with zero attached hydrogens (tertiary/aromatic N) is 3. The van der Waals surface area contributed by atoms with Crippen LogP contribution in [0.25, 0.3) is 5.69 Å². The van der Waals surface area contributed by atoms with Gasteiger partial charge >= 0.3 is 0 Å². The Labute approximate surface area is 150 Å². The third-order valence-electron chi connectivity index (χ3n) is 5.13. The number of rotatable bonds is 5. The van der Waals surface area contributed by atoms with E-state index >= 15 is 0 Å². The van der Waals surface area contributed by atoms with Crippen molar-refractivity contribution in [3.63, 3.8) is 0 Å². The van der Waals surface area contributed by atoms with Gasteiger partial charge < -0.3 is 4.90 Å². The van der Waals surface area contributed by atoms with Crippen LogP contribution >= 0.6 is 0 Å². The van der Waals surface area contributed by atoms with Crippen LogP contribution in [-0.4, -0.2) is 27.6 Å².